The van der Waals surface area contributed by atoms with Gasteiger partial charge in [-0.05, 0) is 31.8 Å². The van der Waals surface area contributed by atoms with E-state index in [1.165, 1.54) is 0 Å². The van der Waals surface area contributed by atoms with Gasteiger partial charge in [-0.25, -0.2) is 0 Å². The maximum Gasteiger partial charge on any atom is 0.253 e. The number of benzene rings is 1. The first-order valence-corrected chi connectivity index (χ1v) is 8.50. The highest BCUT2D eigenvalue weighted by Gasteiger charge is 2.22. The monoisotopic (exact) mass is 350 g/mol. The fraction of sp³-hybridized carbons (Fsp3) is 0.250. The first kappa shape index (κ1) is 17.8. The highest BCUT2D eigenvalue weighted by molar-refractivity contribution is 5.74. The zero-order valence-electron chi connectivity index (χ0n) is 14.9. The predicted molar refractivity (Wildman–Crippen MR) is 104 cm³/mol. The lowest BCUT2D eigenvalue weighted by Gasteiger charge is -2.26. The highest BCUT2D eigenvalue weighted by Crippen LogP contribution is 2.21. The van der Waals surface area contributed by atoms with Crippen molar-refractivity contribution in [1.29, 1.82) is 0 Å². The summed E-state index contributed by atoms with van der Waals surface area (Å²) >= 11 is 0. The van der Waals surface area contributed by atoms with E-state index < -0.39 is 10.9 Å². The Morgan fingerprint density at radius 1 is 0.923 bits per heavy atom. The Morgan fingerprint density at radius 3 is 2.19 bits per heavy atom. The summed E-state index contributed by atoms with van der Waals surface area (Å²) in [5.74, 6) is 0. The summed E-state index contributed by atoms with van der Waals surface area (Å²) < 4.78 is 0. The minimum atomic E-state index is -0.482. The third-order valence-electron chi connectivity index (χ3n) is 4.36. The summed E-state index contributed by atoms with van der Waals surface area (Å²) in [6.07, 6.45) is 1.69. The molecule has 3 rings (SSSR count). The molecule has 1 atom stereocenters. The molecular weight excluding hydrogens is 328 g/mol. The molecule has 0 aliphatic rings. The van der Waals surface area contributed by atoms with Crippen LogP contribution < -0.4 is 21.5 Å². The average Bonchev–Trinajstić information content (AvgIpc) is 2.67. The van der Waals surface area contributed by atoms with Crippen molar-refractivity contribution in [3.8, 4) is 0 Å². The maximum absolute atomic E-state index is 12.0. The van der Waals surface area contributed by atoms with Crippen LogP contribution in [-0.4, -0.2) is 30.5 Å². The molecule has 26 heavy (non-hydrogen) atoms. The van der Waals surface area contributed by atoms with Crippen LogP contribution in [0, 0.1) is 0 Å². The van der Waals surface area contributed by atoms with Gasteiger partial charge in [0.1, 0.15) is 11.4 Å². The number of pyridine rings is 1. The van der Waals surface area contributed by atoms with Gasteiger partial charge in [-0.1, -0.05) is 36.4 Å². The summed E-state index contributed by atoms with van der Waals surface area (Å²) in [6.45, 7) is 0.927. The Morgan fingerprint density at radius 2 is 1.58 bits per heavy atom. The van der Waals surface area contributed by atoms with Gasteiger partial charge < -0.3 is 15.5 Å². The summed E-state index contributed by atoms with van der Waals surface area (Å²) in [6, 6.07) is 15.7. The molecule has 3 aromatic rings. The second-order valence-corrected chi connectivity index (χ2v) is 6.35. The molecule has 0 bridgehead atoms. The SMILES string of the molecule is CN(C)[C@H](CNc1c(NCc2ccccn2)c(=O)c1=O)c1ccccc1. The van der Waals surface area contributed by atoms with Gasteiger partial charge in [-0.3, -0.25) is 14.6 Å². The van der Waals surface area contributed by atoms with Gasteiger partial charge in [-0.2, -0.15) is 0 Å². The van der Waals surface area contributed by atoms with E-state index in [4.69, 9.17) is 0 Å². The Hall–Kier alpha value is -2.99. The predicted octanol–water partition coefficient (Wildman–Crippen LogP) is 2.00. The third-order valence-corrected chi connectivity index (χ3v) is 4.36. The summed E-state index contributed by atoms with van der Waals surface area (Å²) in [4.78, 5) is 30.1. The van der Waals surface area contributed by atoms with Gasteiger partial charge in [-0.15, -0.1) is 0 Å². The lowest BCUT2D eigenvalue weighted by molar-refractivity contribution is 0.312. The van der Waals surface area contributed by atoms with Crippen LogP contribution >= 0.6 is 0 Å². The zero-order chi connectivity index (χ0) is 18.5. The van der Waals surface area contributed by atoms with E-state index in [1.807, 2.05) is 50.5 Å². The lowest BCUT2D eigenvalue weighted by atomic mass is 10.1. The molecule has 1 aromatic heterocycles. The first-order valence-electron chi connectivity index (χ1n) is 8.50. The van der Waals surface area contributed by atoms with Crippen LogP contribution in [0.15, 0.2) is 64.3 Å². The number of anilines is 2. The molecule has 0 radical (unpaired) electrons. The van der Waals surface area contributed by atoms with Crippen molar-refractivity contribution >= 4 is 11.4 Å². The molecule has 0 saturated heterocycles. The van der Waals surface area contributed by atoms with E-state index in [0.29, 0.717) is 24.5 Å². The van der Waals surface area contributed by atoms with Crippen molar-refractivity contribution in [2.24, 2.45) is 0 Å². The maximum atomic E-state index is 12.0. The Labute approximate surface area is 152 Å². The molecule has 2 aromatic carbocycles. The fourth-order valence-electron chi connectivity index (χ4n) is 2.88. The molecule has 0 aliphatic carbocycles. The van der Waals surface area contributed by atoms with Crippen molar-refractivity contribution in [3.63, 3.8) is 0 Å². The largest absolute Gasteiger partial charge is 0.378 e. The second-order valence-electron chi connectivity index (χ2n) is 6.35. The van der Waals surface area contributed by atoms with Crippen molar-refractivity contribution in [2.75, 3.05) is 31.3 Å². The Kier molecular flexibility index (Phi) is 5.43. The minimum absolute atomic E-state index is 0.0873. The fourth-order valence-corrected chi connectivity index (χ4v) is 2.88. The van der Waals surface area contributed by atoms with Crippen LogP contribution in [-0.2, 0) is 6.54 Å². The van der Waals surface area contributed by atoms with Crippen LogP contribution in [0.1, 0.15) is 17.3 Å². The molecule has 6 nitrogen and oxygen atoms in total. The molecule has 0 saturated carbocycles. The molecule has 6 heteroatoms. The quantitative estimate of drug-likeness (QED) is 0.606. The van der Waals surface area contributed by atoms with E-state index in [0.717, 1.165) is 11.3 Å². The number of likely N-dealkylation sites (N-methyl/N-ethyl adjacent to an activating group) is 1. The number of nitrogens with zero attached hydrogens (tertiary/aromatic N) is 2. The van der Waals surface area contributed by atoms with Crippen LogP contribution in [0.2, 0.25) is 0 Å². The van der Waals surface area contributed by atoms with Crippen LogP contribution in [0.4, 0.5) is 11.4 Å². The topological polar surface area (TPSA) is 74.3 Å². The van der Waals surface area contributed by atoms with E-state index in [-0.39, 0.29) is 6.04 Å². The van der Waals surface area contributed by atoms with Gasteiger partial charge in [0, 0.05) is 12.7 Å². The van der Waals surface area contributed by atoms with E-state index in [9.17, 15) is 9.59 Å². The first-order chi connectivity index (χ1) is 12.6. The van der Waals surface area contributed by atoms with Gasteiger partial charge in [0.25, 0.3) is 10.9 Å². The average molecular weight is 350 g/mol. The van der Waals surface area contributed by atoms with E-state index >= 15 is 0 Å². The number of aromatic nitrogens is 1. The van der Waals surface area contributed by atoms with Crippen LogP contribution in [0.5, 0.6) is 0 Å². The summed E-state index contributed by atoms with van der Waals surface area (Å²) in [7, 11) is 3.98. The van der Waals surface area contributed by atoms with Gasteiger partial charge in [0.15, 0.2) is 0 Å². The third kappa shape index (κ3) is 3.81. The molecule has 134 valence electrons. The standard InChI is InChI=1S/C20H22N4O2/c1-24(2)16(14-8-4-3-5-9-14)13-23-18-17(19(25)20(18)26)22-12-15-10-6-7-11-21-15/h3-11,16,22-23H,12-13H2,1-2H3/t16-/m1/s1. The molecule has 0 fully saturated rings. The Balaban J connectivity index is 1.69. The van der Waals surface area contributed by atoms with Crippen molar-refractivity contribution in [1.82, 2.24) is 9.88 Å². The van der Waals surface area contributed by atoms with Gasteiger partial charge in [0.05, 0.1) is 18.3 Å². The van der Waals surface area contributed by atoms with E-state index in [1.54, 1.807) is 6.20 Å². The Bertz CT molecular complexity index is 916. The second kappa shape index (κ2) is 7.93. The smallest absolute Gasteiger partial charge is 0.253 e. The van der Waals surface area contributed by atoms with Crippen molar-refractivity contribution < 1.29 is 0 Å². The van der Waals surface area contributed by atoms with Crippen molar-refractivity contribution in [3.05, 3.63) is 86.4 Å². The summed E-state index contributed by atoms with van der Waals surface area (Å²) in [5.41, 5.74) is 1.69. The van der Waals surface area contributed by atoms with Gasteiger partial charge >= 0.3 is 0 Å². The number of hydrogen-bond donors (Lipinski definition) is 2. The molecule has 1 heterocycles. The molecular formula is C20H22N4O2. The number of nitrogens with one attached hydrogen (secondary N) is 2. The van der Waals surface area contributed by atoms with Crippen molar-refractivity contribution in [2.45, 2.75) is 12.6 Å². The van der Waals surface area contributed by atoms with Crippen LogP contribution in [0.25, 0.3) is 0 Å². The van der Waals surface area contributed by atoms with Gasteiger partial charge in [0.2, 0.25) is 0 Å². The lowest BCUT2D eigenvalue weighted by Crippen LogP contribution is -2.39. The molecule has 0 aliphatic heterocycles. The molecule has 0 spiro atoms. The number of rotatable bonds is 8. The highest BCUT2D eigenvalue weighted by atomic mass is 16.2. The normalized spacial score (nSPS) is 12.3. The van der Waals surface area contributed by atoms with Crippen LogP contribution in [0.3, 0.4) is 0 Å². The molecule has 2 N–H and O–H groups in total. The van der Waals surface area contributed by atoms with E-state index in [2.05, 4.69) is 32.7 Å². The minimum Gasteiger partial charge on any atom is -0.378 e. The summed E-state index contributed by atoms with van der Waals surface area (Å²) in [5, 5.41) is 6.18. The molecule has 0 unspecified atom stereocenters. The zero-order valence-corrected chi connectivity index (χ0v) is 14.9. The molecule has 0 amide bonds. The number of hydrogen-bond acceptors (Lipinski definition) is 6.